The van der Waals surface area contributed by atoms with E-state index in [9.17, 15) is 13.6 Å². The Morgan fingerprint density at radius 1 is 1.12 bits per heavy atom. The Bertz CT molecular complexity index is 660. The van der Waals surface area contributed by atoms with E-state index in [1.54, 1.807) is 24.3 Å². The molecule has 3 nitrogen and oxygen atoms in total. The van der Waals surface area contributed by atoms with Gasteiger partial charge in [0.1, 0.15) is 0 Å². The van der Waals surface area contributed by atoms with Crippen molar-refractivity contribution in [3.05, 3.63) is 70.7 Å². The minimum absolute atomic E-state index is 0.0663. The average Bonchev–Trinajstić information content (AvgIpc) is 2.57. The van der Waals surface area contributed by atoms with E-state index in [1.165, 1.54) is 31.2 Å². The monoisotopic (exact) mass is 354 g/mol. The molecular formula is C18H17ClF2O3. The Morgan fingerprint density at radius 3 is 2.33 bits per heavy atom. The summed E-state index contributed by atoms with van der Waals surface area (Å²) in [5.41, 5.74) is 0.865. The Morgan fingerprint density at radius 2 is 1.75 bits per heavy atom. The lowest BCUT2D eigenvalue weighted by Crippen LogP contribution is -2.38. The molecule has 2 aromatic carbocycles. The van der Waals surface area contributed by atoms with Gasteiger partial charge >= 0.3 is 11.9 Å². The van der Waals surface area contributed by atoms with Gasteiger partial charge in [-0.2, -0.15) is 8.78 Å². The lowest BCUT2D eigenvalue weighted by Gasteiger charge is -2.26. The number of rotatable bonds is 7. The molecule has 128 valence electrons. The fraction of sp³-hybridized carbons (Fsp3) is 0.278. The smallest absolute Gasteiger partial charge is 0.380 e. The highest BCUT2D eigenvalue weighted by atomic mass is 35.5. The molecule has 2 aromatic rings. The Labute approximate surface area is 144 Å². The van der Waals surface area contributed by atoms with Gasteiger partial charge in [-0.05, 0) is 30.2 Å². The molecule has 0 heterocycles. The molecule has 0 bridgehead atoms. The van der Waals surface area contributed by atoms with Crippen LogP contribution in [-0.4, -0.2) is 18.5 Å². The number of ether oxygens (including phenoxy) is 2. The topological polar surface area (TPSA) is 35.5 Å². The standard InChI is InChI=1S/C18H17ClF2O3/c1-2-23-17(22)18(20,21)16(14-8-10-15(19)11-9-14)24-12-13-6-4-3-5-7-13/h3-11,16H,2,12H2,1H3. The summed E-state index contributed by atoms with van der Waals surface area (Å²) >= 11 is 5.80. The molecular weight excluding hydrogens is 338 g/mol. The van der Waals surface area contributed by atoms with Crippen LogP contribution >= 0.6 is 11.6 Å². The first kappa shape index (κ1) is 18.4. The van der Waals surface area contributed by atoms with E-state index in [1.807, 2.05) is 6.07 Å². The molecule has 0 aliphatic heterocycles. The van der Waals surface area contributed by atoms with E-state index in [4.69, 9.17) is 16.3 Å². The van der Waals surface area contributed by atoms with Gasteiger partial charge in [0.05, 0.1) is 13.2 Å². The van der Waals surface area contributed by atoms with Crippen LogP contribution in [0.5, 0.6) is 0 Å². The van der Waals surface area contributed by atoms with Crippen molar-refractivity contribution in [1.29, 1.82) is 0 Å². The van der Waals surface area contributed by atoms with Crippen molar-refractivity contribution < 1.29 is 23.0 Å². The van der Waals surface area contributed by atoms with Crippen LogP contribution in [0.3, 0.4) is 0 Å². The Kier molecular flexibility index (Phi) is 6.29. The van der Waals surface area contributed by atoms with Crippen molar-refractivity contribution in [3.8, 4) is 0 Å². The van der Waals surface area contributed by atoms with Crippen molar-refractivity contribution in [2.24, 2.45) is 0 Å². The third kappa shape index (κ3) is 4.52. The van der Waals surface area contributed by atoms with Crippen LogP contribution in [0, 0.1) is 0 Å². The molecule has 1 atom stereocenters. The summed E-state index contributed by atoms with van der Waals surface area (Å²) in [7, 11) is 0. The maximum Gasteiger partial charge on any atom is 0.380 e. The second-order valence-corrected chi connectivity index (χ2v) is 5.51. The second-order valence-electron chi connectivity index (χ2n) is 5.07. The molecule has 0 N–H and O–H groups in total. The number of carbonyl (C=O) groups excluding carboxylic acids is 1. The van der Waals surface area contributed by atoms with Crippen LogP contribution in [0.2, 0.25) is 5.02 Å². The van der Waals surface area contributed by atoms with Gasteiger partial charge in [-0.15, -0.1) is 0 Å². The zero-order chi connectivity index (χ0) is 17.6. The quantitative estimate of drug-likeness (QED) is 0.670. The Balaban J connectivity index is 2.26. The van der Waals surface area contributed by atoms with Gasteiger partial charge in [-0.25, -0.2) is 4.79 Å². The molecule has 0 aliphatic carbocycles. The van der Waals surface area contributed by atoms with Crippen molar-refractivity contribution in [2.45, 2.75) is 25.6 Å². The molecule has 6 heteroatoms. The maximum absolute atomic E-state index is 14.5. The first-order valence-corrected chi connectivity index (χ1v) is 7.79. The van der Waals surface area contributed by atoms with Gasteiger partial charge in [0, 0.05) is 5.02 Å². The zero-order valence-corrected chi connectivity index (χ0v) is 13.8. The van der Waals surface area contributed by atoms with Crippen LogP contribution < -0.4 is 0 Å². The highest BCUT2D eigenvalue weighted by Crippen LogP contribution is 2.37. The average molecular weight is 355 g/mol. The van der Waals surface area contributed by atoms with Gasteiger partial charge in [0.25, 0.3) is 0 Å². The zero-order valence-electron chi connectivity index (χ0n) is 13.0. The van der Waals surface area contributed by atoms with Crippen LogP contribution in [0.1, 0.15) is 24.2 Å². The molecule has 2 rings (SSSR count). The SMILES string of the molecule is CCOC(=O)C(F)(F)C(OCc1ccccc1)c1ccc(Cl)cc1. The summed E-state index contributed by atoms with van der Waals surface area (Å²) in [6.07, 6.45) is -1.77. The summed E-state index contributed by atoms with van der Waals surface area (Å²) in [6.45, 7) is 1.26. The number of benzene rings is 2. The van der Waals surface area contributed by atoms with Gasteiger partial charge in [-0.1, -0.05) is 54.1 Å². The molecule has 0 amide bonds. The largest absolute Gasteiger partial charge is 0.461 e. The Hall–Kier alpha value is -1.98. The van der Waals surface area contributed by atoms with Crippen LogP contribution in [0.25, 0.3) is 0 Å². The van der Waals surface area contributed by atoms with Crippen LogP contribution in [0.4, 0.5) is 8.78 Å². The summed E-state index contributed by atoms with van der Waals surface area (Å²) in [5, 5.41) is 0.403. The molecule has 0 saturated heterocycles. The van der Waals surface area contributed by atoms with Crippen molar-refractivity contribution >= 4 is 17.6 Å². The van der Waals surface area contributed by atoms with Crippen molar-refractivity contribution in [1.82, 2.24) is 0 Å². The minimum Gasteiger partial charge on any atom is -0.461 e. The van der Waals surface area contributed by atoms with Gasteiger partial charge < -0.3 is 9.47 Å². The van der Waals surface area contributed by atoms with E-state index in [0.717, 1.165) is 5.56 Å². The lowest BCUT2D eigenvalue weighted by atomic mass is 10.0. The predicted molar refractivity (Wildman–Crippen MR) is 87.0 cm³/mol. The minimum atomic E-state index is -3.82. The van der Waals surface area contributed by atoms with E-state index in [2.05, 4.69) is 4.74 Å². The summed E-state index contributed by atoms with van der Waals surface area (Å²) in [4.78, 5) is 11.7. The number of hydrogen-bond donors (Lipinski definition) is 0. The number of carbonyl (C=O) groups is 1. The highest BCUT2D eigenvalue weighted by Gasteiger charge is 2.50. The normalized spacial score (nSPS) is 12.7. The number of halogens is 3. The summed E-state index contributed by atoms with van der Waals surface area (Å²) in [6, 6.07) is 14.6. The number of esters is 1. The van der Waals surface area contributed by atoms with Gasteiger partial charge in [0.15, 0.2) is 6.10 Å². The highest BCUT2D eigenvalue weighted by molar-refractivity contribution is 6.30. The second kappa shape index (κ2) is 8.22. The van der Waals surface area contributed by atoms with Crippen LogP contribution in [0.15, 0.2) is 54.6 Å². The summed E-state index contributed by atoms with van der Waals surface area (Å²) in [5.74, 6) is -5.43. The molecule has 24 heavy (non-hydrogen) atoms. The van der Waals surface area contributed by atoms with E-state index in [0.29, 0.717) is 5.02 Å². The number of hydrogen-bond acceptors (Lipinski definition) is 3. The molecule has 1 unspecified atom stereocenters. The lowest BCUT2D eigenvalue weighted by molar-refractivity contribution is -0.197. The first-order valence-electron chi connectivity index (χ1n) is 7.41. The molecule has 0 radical (unpaired) electrons. The molecule has 0 saturated carbocycles. The third-order valence-corrected chi connectivity index (χ3v) is 3.56. The van der Waals surface area contributed by atoms with Gasteiger partial charge in [0.2, 0.25) is 0 Å². The first-order chi connectivity index (χ1) is 11.4. The van der Waals surface area contributed by atoms with Crippen molar-refractivity contribution in [2.75, 3.05) is 6.61 Å². The molecule has 0 fully saturated rings. The fourth-order valence-corrected chi connectivity index (χ4v) is 2.26. The molecule has 0 spiro atoms. The van der Waals surface area contributed by atoms with Crippen molar-refractivity contribution in [3.63, 3.8) is 0 Å². The predicted octanol–water partition coefficient (Wildman–Crippen LogP) is 4.80. The van der Waals surface area contributed by atoms with Gasteiger partial charge in [-0.3, -0.25) is 0 Å². The van der Waals surface area contributed by atoms with E-state index < -0.39 is 18.0 Å². The molecule has 0 aliphatic rings. The van der Waals surface area contributed by atoms with E-state index in [-0.39, 0.29) is 18.8 Å². The maximum atomic E-state index is 14.5. The summed E-state index contributed by atoms with van der Waals surface area (Å²) < 4.78 is 38.9. The fourth-order valence-electron chi connectivity index (χ4n) is 2.14. The van der Waals surface area contributed by atoms with E-state index >= 15 is 0 Å². The molecule has 0 aromatic heterocycles. The van der Waals surface area contributed by atoms with Crippen LogP contribution in [-0.2, 0) is 20.9 Å². The number of alkyl halides is 2. The third-order valence-electron chi connectivity index (χ3n) is 3.31.